The van der Waals surface area contributed by atoms with Gasteiger partial charge >= 0.3 is 0 Å². The fourth-order valence-electron chi connectivity index (χ4n) is 2.73. The molecule has 2 aromatic rings. The molecule has 132 valence electrons. The molecule has 1 saturated heterocycles. The van der Waals surface area contributed by atoms with Crippen molar-refractivity contribution >= 4 is 50.5 Å². The van der Waals surface area contributed by atoms with Crippen molar-refractivity contribution in [2.45, 2.75) is 6.54 Å². The fourth-order valence-corrected chi connectivity index (χ4v) is 4.45. The molecule has 0 atom stereocenters. The first-order chi connectivity index (χ1) is 11.9. The van der Waals surface area contributed by atoms with Crippen molar-refractivity contribution in [2.24, 2.45) is 0 Å². The number of halogens is 2. The van der Waals surface area contributed by atoms with Gasteiger partial charge in [0.15, 0.2) is 0 Å². The molecule has 1 aliphatic rings. The standard InChI is InChI=1S/C16H15BrClN3O3S/c17-15-4-2-12(25-15)10-19-5-7-20(8-6-19)16(22)13-9-11(21(23)24)1-3-14(13)18/h1-4,9H,5-8,10H2. The lowest BCUT2D eigenvalue weighted by atomic mass is 10.1. The number of carbonyl (C=O) groups excluding carboxylic acids is 1. The molecule has 25 heavy (non-hydrogen) atoms. The SMILES string of the molecule is O=C(c1cc([N+](=O)[O-])ccc1Cl)N1CCN(Cc2ccc(Br)s2)CC1. The normalized spacial score (nSPS) is 15.4. The highest BCUT2D eigenvalue weighted by Crippen LogP contribution is 2.25. The predicted molar refractivity (Wildman–Crippen MR) is 101 cm³/mol. The van der Waals surface area contributed by atoms with Crippen molar-refractivity contribution in [3.05, 3.63) is 59.7 Å². The van der Waals surface area contributed by atoms with Gasteiger partial charge in [0.2, 0.25) is 0 Å². The summed E-state index contributed by atoms with van der Waals surface area (Å²) in [7, 11) is 0. The molecule has 1 amide bonds. The third kappa shape index (κ3) is 4.38. The summed E-state index contributed by atoms with van der Waals surface area (Å²) in [4.78, 5) is 28.3. The summed E-state index contributed by atoms with van der Waals surface area (Å²) >= 11 is 11.2. The number of nitro benzene ring substituents is 1. The van der Waals surface area contributed by atoms with Gasteiger partial charge in [-0.25, -0.2) is 0 Å². The van der Waals surface area contributed by atoms with Crippen molar-refractivity contribution in [2.75, 3.05) is 26.2 Å². The van der Waals surface area contributed by atoms with E-state index in [-0.39, 0.29) is 22.2 Å². The molecule has 0 N–H and O–H groups in total. The molecule has 0 bridgehead atoms. The molecule has 1 aromatic carbocycles. The molecule has 0 saturated carbocycles. The number of nitro groups is 1. The number of non-ortho nitro benzene ring substituents is 1. The topological polar surface area (TPSA) is 66.7 Å². The fraction of sp³-hybridized carbons (Fsp3) is 0.312. The lowest BCUT2D eigenvalue weighted by Crippen LogP contribution is -2.48. The Kier molecular flexibility index (Phi) is 5.73. The smallest absolute Gasteiger partial charge is 0.270 e. The highest BCUT2D eigenvalue weighted by atomic mass is 79.9. The Bertz CT molecular complexity index is 806. The van der Waals surface area contributed by atoms with Crippen LogP contribution in [0.4, 0.5) is 5.69 Å². The number of thiophene rings is 1. The van der Waals surface area contributed by atoms with Crippen LogP contribution in [0.15, 0.2) is 34.1 Å². The van der Waals surface area contributed by atoms with Gasteiger partial charge in [-0.2, -0.15) is 0 Å². The van der Waals surface area contributed by atoms with E-state index in [1.807, 2.05) is 6.07 Å². The average molecular weight is 445 g/mol. The van der Waals surface area contributed by atoms with E-state index in [0.717, 1.165) is 23.4 Å². The van der Waals surface area contributed by atoms with Crippen LogP contribution in [0.3, 0.4) is 0 Å². The summed E-state index contributed by atoms with van der Waals surface area (Å²) < 4.78 is 1.11. The van der Waals surface area contributed by atoms with Gasteiger partial charge in [0, 0.05) is 49.7 Å². The van der Waals surface area contributed by atoms with Crippen LogP contribution in [0.25, 0.3) is 0 Å². The van der Waals surface area contributed by atoms with Gasteiger partial charge in [-0.15, -0.1) is 11.3 Å². The largest absolute Gasteiger partial charge is 0.336 e. The summed E-state index contributed by atoms with van der Waals surface area (Å²) in [6.45, 7) is 3.52. The maximum Gasteiger partial charge on any atom is 0.270 e. The zero-order valence-electron chi connectivity index (χ0n) is 13.2. The second-order valence-corrected chi connectivity index (χ2v) is 8.65. The van der Waals surface area contributed by atoms with Crippen molar-refractivity contribution < 1.29 is 9.72 Å². The van der Waals surface area contributed by atoms with Gasteiger partial charge in [-0.1, -0.05) is 11.6 Å². The van der Waals surface area contributed by atoms with Crippen LogP contribution in [0.5, 0.6) is 0 Å². The van der Waals surface area contributed by atoms with E-state index in [1.54, 1.807) is 16.2 Å². The van der Waals surface area contributed by atoms with E-state index in [4.69, 9.17) is 11.6 Å². The summed E-state index contributed by atoms with van der Waals surface area (Å²) in [5.74, 6) is -0.257. The van der Waals surface area contributed by atoms with Crippen LogP contribution in [0, 0.1) is 10.1 Å². The minimum absolute atomic E-state index is 0.130. The van der Waals surface area contributed by atoms with E-state index in [1.165, 1.54) is 23.1 Å². The lowest BCUT2D eigenvalue weighted by molar-refractivity contribution is -0.384. The van der Waals surface area contributed by atoms with E-state index in [2.05, 4.69) is 26.9 Å². The van der Waals surface area contributed by atoms with Gasteiger partial charge in [0.25, 0.3) is 11.6 Å². The Labute approximate surface area is 162 Å². The summed E-state index contributed by atoms with van der Waals surface area (Å²) in [5.41, 5.74) is 0.0566. The highest BCUT2D eigenvalue weighted by molar-refractivity contribution is 9.11. The maximum atomic E-state index is 12.7. The molecule has 1 aliphatic heterocycles. The molecule has 0 unspecified atom stereocenters. The number of nitrogens with zero attached hydrogens (tertiary/aromatic N) is 3. The molecule has 2 heterocycles. The molecule has 3 rings (SSSR count). The van der Waals surface area contributed by atoms with Gasteiger partial charge < -0.3 is 4.90 Å². The molecule has 0 radical (unpaired) electrons. The number of rotatable bonds is 4. The Morgan fingerprint density at radius 3 is 2.56 bits per heavy atom. The van der Waals surface area contributed by atoms with E-state index in [0.29, 0.717) is 13.1 Å². The van der Waals surface area contributed by atoms with Crippen LogP contribution >= 0.6 is 38.9 Å². The average Bonchev–Trinajstić information content (AvgIpc) is 3.00. The van der Waals surface area contributed by atoms with E-state index < -0.39 is 4.92 Å². The van der Waals surface area contributed by atoms with E-state index in [9.17, 15) is 14.9 Å². The number of hydrogen-bond donors (Lipinski definition) is 0. The number of piperazine rings is 1. The Balaban J connectivity index is 1.63. The van der Waals surface area contributed by atoms with Gasteiger partial charge in [0.1, 0.15) is 0 Å². The quantitative estimate of drug-likeness (QED) is 0.527. The second-order valence-electron chi connectivity index (χ2n) is 5.70. The summed E-state index contributed by atoms with van der Waals surface area (Å²) in [6.07, 6.45) is 0. The van der Waals surface area contributed by atoms with Gasteiger partial charge in [-0.05, 0) is 34.1 Å². The third-order valence-corrected chi connectivity index (χ3v) is 6.00. The highest BCUT2D eigenvalue weighted by Gasteiger charge is 2.25. The Hall–Kier alpha value is -1.48. The Morgan fingerprint density at radius 2 is 1.96 bits per heavy atom. The second kappa shape index (κ2) is 7.82. The monoisotopic (exact) mass is 443 g/mol. The minimum atomic E-state index is -0.524. The first kappa shape index (κ1) is 18.3. The molecule has 6 nitrogen and oxygen atoms in total. The van der Waals surface area contributed by atoms with Gasteiger partial charge in [-0.3, -0.25) is 19.8 Å². The zero-order valence-corrected chi connectivity index (χ0v) is 16.3. The molecular formula is C16H15BrClN3O3S. The number of amides is 1. The summed E-state index contributed by atoms with van der Waals surface area (Å²) in [5, 5.41) is 11.1. The first-order valence-corrected chi connectivity index (χ1v) is 9.62. The Morgan fingerprint density at radius 1 is 1.24 bits per heavy atom. The van der Waals surface area contributed by atoms with Crippen LogP contribution < -0.4 is 0 Å². The van der Waals surface area contributed by atoms with Crippen molar-refractivity contribution in [3.63, 3.8) is 0 Å². The zero-order chi connectivity index (χ0) is 18.0. The number of hydrogen-bond acceptors (Lipinski definition) is 5. The molecule has 0 spiro atoms. The van der Waals surface area contributed by atoms with Crippen LogP contribution in [-0.4, -0.2) is 46.8 Å². The molecule has 1 fully saturated rings. The van der Waals surface area contributed by atoms with Crippen molar-refractivity contribution in [1.82, 2.24) is 9.80 Å². The van der Waals surface area contributed by atoms with Crippen molar-refractivity contribution in [1.29, 1.82) is 0 Å². The minimum Gasteiger partial charge on any atom is -0.336 e. The van der Waals surface area contributed by atoms with Gasteiger partial charge in [0.05, 0.1) is 19.3 Å². The van der Waals surface area contributed by atoms with Crippen LogP contribution in [0.1, 0.15) is 15.2 Å². The number of benzene rings is 1. The van der Waals surface area contributed by atoms with Crippen LogP contribution in [-0.2, 0) is 6.54 Å². The lowest BCUT2D eigenvalue weighted by Gasteiger charge is -2.34. The summed E-state index contributed by atoms with van der Waals surface area (Å²) in [6, 6.07) is 8.08. The molecule has 0 aliphatic carbocycles. The molecule has 9 heteroatoms. The third-order valence-electron chi connectivity index (χ3n) is 4.06. The predicted octanol–water partition coefficient (Wildman–Crippen LogP) is 4.03. The molecule has 1 aromatic heterocycles. The van der Waals surface area contributed by atoms with E-state index >= 15 is 0 Å². The molecular weight excluding hydrogens is 430 g/mol. The first-order valence-electron chi connectivity index (χ1n) is 7.64. The maximum absolute atomic E-state index is 12.7. The van der Waals surface area contributed by atoms with Crippen molar-refractivity contribution in [3.8, 4) is 0 Å². The van der Waals surface area contributed by atoms with Crippen LogP contribution in [0.2, 0.25) is 5.02 Å². The number of carbonyl (C=O) groups is 1.